The van der Waals surface area contributed by atoms with Gasteiger partial charge in [-0.05, 0) is 67.2 Å². The van der Waals surface area contributed by atoms with Crippen LogP contribution in [0, 0.1) is 6.92 Å². The van der Waals surface area contributed by atoms with E-state index in [1.165, 1.54) is 11.3 Å². The summed E-state index contributed by atoms with van der Waals surface area (Å²) in [6.07, 6.45) is 3.92. The minimum absolute atomic E-state index is 0.0233. The number of benzene rings is 1. The summed E-state index contributed by atoms with van der Waals surface area (Å²) in [6, 6.07) is 16.5. The molecule has 7 heteroatoms. The van der Waals surface area contributed by atoms with Gasteiger partial charge in [0.05, 0.1) is 18.3 Å². The van der Waals surface area contributed by atoms with Crippen LogP contribution in [0.5, 0.6) is 0 Å². The number of thiocarbonyl (C=S) groups is 1. The SMILES string of the molecule is COCCn1cccc1[C@@H]1[C@H](c2ccccn2)NC(=S)N1c1ccc(Br)c(C)c1. The maximum Gasteiger partial charge on any atom is 0.174 e. The number of methoxy groups -OCH3 is 1. The van der Waals surface area contributed by atoms with Crippen LogP contribution in [0.2, 0.25) is 0 Å². The number of ether oxygens (including phenoxy) is 1. The number of rotatable bonds is 6. The molecule has 3 aromatic rings. The van der Waals surface area contributed by atoms with E-state index in [4.69, 9.17) is 17.0 Å². The van der Waals surface area contributed by atoms with E-state index in [1.807, 2.05) is 24.4 Å². The number of nitrogens with one attached hydrogen (secondary N) is 1. The van der Waals surface area contributed by atoms with E-state index >= 15 is 0 Å². The number of halogens is 1. The summed E-state index contributed by atoms with van der Waals surface area (Å²) in [5, 5.41) is 4.21. The van der Waals surface area contributed by atoms with Crippen molar-refractivity contribution in [2.45, 2.75) is 25.6 Å². The molecule has 5 nitrogen and oxygen atoms in total. The summed E-state index contributed by atoms with van der Waals surface area (Å²) in [5.74, 6) is 0. The highest BCUT2D eigenvalue weighted by Gasteiger charge is 2.42. The molecule has 0 unspecified atom stereocenters. The van der Waals surface area contributed by atoms with Crippen LogP contribution >= 0.6 is 28.1 Å². The lowest BCUT2D eigenvalue weighted by Gasteiger charge is -2.29. The Bertz CT molecular complexity index is 1010. The van der Waals surface area contributed by atoms with Crippen LogP contribution in [-0.2, 0) is 11.3 Å². The molecular formula is C22H23BrN4OS. The number of hydrogen-bond donors (Lipinski definition) is 1. The number of aromatic nitrogens is 2. The van der Waals surface area contributed by atoms with Crippen molar-refractivity contribution >= 4 is 38.9 Å². The zero-order valence-corrected chi connectivity index (χ0v) is 18.8. The first-order valence-corrected chi connectivity index (χ1v) is 10.7. The van der Waals surface area contributed by atoms with Gasteiger partial charge in [0.15, 0.2) is 5.11 Å². The zero-order chi connectivity index (χ0) is 20.4. The van der Waals surface area contributed by atoms with Gasteiger partial charge in [-0.3, -0.25) is 4.98 Å². The summed E-state index contributed by atoms with van der Waals surface area (Å²) in [7, 11) is 1.73. The first-order chi connectivity index (χ1) is 14.1. The molecule has 29 heavy (non-hydrogen) atoms. The highest BCUT2D eigenvalue weighted by molar-refractivity contribution is 9.10. The number of aryl methyl sites for hydroxylation is 1. The number of pyridine rings is 1. The predicted molar refractivity (Wildman–Crippen MR) is 123 cm³/mol. The quantitative estimate of drug-likeness (QED) is 0.525. The topological polar surface area (TPSA) is 42.3 Å². The van der Waals surface area contributed by atoms with Gasteiger partial charge in [0.2, 0.25) is 0 Å². The maximum absolute atomic E-state index is 5.80. The zero-order valence-electron chi connectivity index (χ0n) is 16.4. The molecule has 0 aliphatic carbocycles. The molecule has 0 saturated carbocycles. The summed E-state index contributed by atoms with van der Waals surface area (Å²) in [5.41, 5.74) is 4.37. The lowest BCUT2D eigenvalue weighted by molar-refractivity contribution is 0.186. The molecular weight excluding hydrogens is 448 g/mol. The highest BCUT2D eigenvalue weighted by Crippen LogP contribution is 2.42. The molecule has 0 spiro atoms. The molecule has 1 aromatic carbocycles. The molecule has 0 bridgehead atoms. The van der Waals surface area contributed by atoms with Crippen LogP contribution < -0.4 is 10.2 Å². The first kappa shape index (κ1) is 20.1. The van der Waals surface area contributed by atoms with Crippen molar-refractivity contribution in [1.29, 1.82) is 0 Å². The van der Waals surface area contributed by atoms with Crippen LogP contribution in [0.25, 0.3) is 0 Å². The van der Waals surface area contributed by atoms with Crippen molar-refractivity contribution in [3.8, 4) is 0 Å². The van der Waals surface area contributed by atoms with Gasteiger partial charge in [-0.15, -0.1) is 0 Å². The number of anilines is 1. The van der Waals surface area contributed by atoms with Gasteiger partial charge in [-0.2, -0.15) is 0 Å². The van der Waals surface area contributed by atoms with E-state index in [9.17, 15) is 0 Å². The fraction of sp³-hybridized carbons (Fsp3) is 0.273. The smallest absolute Gasteiger partial charge is 0.174 e. The Morgan fingerprint density at radius 1 is 1.21 bits per heavy atom. The van der Waals surface area contributed by atoms with Crippen LogP contribution in [0.1, 0.15) is 29.0 Å². The number of nitrogens with zero attached hydrogens (tertiary/aromatic N) is 3. The Balaban J connectivity index is 1.82. The summed E-state index contributed by atoms with van der Waals surface area (Å²) in [6.45, 7) is 3.52. The molecule has 150 valence electrons. The molecule has 2 atom stereocenters. The molecule has 3 heterocycles. The van der Waals surface area contributed by atoms with E-state index in [0.29, 0.717) is 11.7 Å². The molecule has 1 saturated heterocycles. The van der Waals surface area contributed by atoms with E-state index in [0.717, 1.165) is 22.4 Å². The Hall–Kier alpha value is -2.22. The van der Waals surface area contributed by atoms with Gasteiger partial charge in [0.1, 0.15) is 6.04 Å². The Labute approximate surface area is 184 Å². The molecule has 0 amide bonds. The molecule has 1 aliphatic rings. The van der Waals surface area contributed by atoms with Crippen molar-refractivity contribution < 1.29 is 4.74 Å². The fourth-order valence-electron chi connectivity index (χ4n) is 3.80. The highest BCUT2D eigenvalue weighted by atomic mass is 79.9. The Morgan fingerprint density at radius 2 is 2.07 bits per heavy atom. The third-order valence-electron chi connectivity index (χ3n) is 5.22. The second-order valence-electron chi connectivity index (χ2n) is 7.05. The van der Waals surface area contributed by atoms with Crippen molar-refractivity contribution in [3.63, 3.8) is 0 Å². The van der Waals surface area contributed by atoms with Crippen LogP contribution in [0.4, 0.5) is 5.69 Å². The maximum atomic E-state index is 5.80. The summed E-state index contributed by atoms with van der Waals surface area (Å²) >= 11 is 9.40. The van der Waals surface area contributed by atoms with Crippen molar-refractivity contribution in [2.24, 2.45) is 0 Å². The summed E-state index contributed by atoms with van der Waals surface area (Å²) < 4.78 is 8.63. The monoisotopic (exact) mass is 470 g/mol. The average Bonchev–Trinajstić information content (AvgIpc) is 3.33. The molecule has 1 fully saturated rings. The molecule has 1 aliphatic heterocycles. The predicted octanol–water partition coefficient (Wildman–Crippen LogP) is 4.78. The van der Waals surface area contributed by atoms with Gasteiger partial charge in [-0.25, -0.2) is 0 Å². The second kappa shape index (κ2) is 8.65. The van der Waals surface area contributed by atoms with Crippen molar-refractivity contribution in [3.05, 3.63) is 82.3 Å². The van der Waals surface area contributed by atoms with E-state index < -0.39 is 0 Å². The average molecular weight is 471 g/mol. The van der Waals surface area contributed by atoms with E-state index in [2.05, 4.69) is 79.2 Å². The van der Waals surface area contributed by atoms with Gasteiger partial charge < -0.3 is 19.5 Å². The summed E-state index contributed by atoms with van der Waals surface area (Å²) in [4.78, 5) is 6.82. The van der Waals surface area contributed by atoms with E-state index in [1.54, 1.807) is 7.11 Å². The second-order valence-corrected chi connectivity index (χ2v) is 8.29. The first-order valence-electron chi connectivity index (χ1n) is 9.51. The molecule has 1 N–H and O–H groups in total. The Morgan fingerprint density at radius 3 is 2.79 bits per heavy atom. The molecule has 0 radical (unpaired) electrons. The lowest BCUT2D eigenvalue weighted by Crippen LogP contribution is -2.30. The van der Waals surface area contributed by atoms with Crippen LogP contribution in [-0.4, -0.2) is 28.4 Å². The van der Waals surface area contributed by atoms with Crippen LogP contribution in [0.3, 0.4) is 0 Å². The van der Waals surface area contributed by atoms with Crippen molar-refractivity contribution in [1.82, 2.24) is 14.9 Å². The minimum atomic E-state index is -0.0520. The molecule has 4 rings (SSSR count). The van der Waals surface area contributed by atoms with Gasteiger partial charge in [-0.1, -0.05) is 22.0 Å². The van der Waals surface area contributed by atoms with Gasteiger partial charge in [0, 0.05) is 41.9 Å². The largest absolute Gasteiger partial charge is 0.383 e. The number of hydrogen-bond acceptors (Lipinski definition) is 3. The normalized spacial score (nSPS) is 18.9. The van der Waals surface area contributed by atoms with E-state index in [-0.39, 0.29) is 12.1 Å². The van der Waals surface area contributed by atoms with Gasteiger partial charge in [0.25, 0.3) is 0 Å². The third-order valence-corrected chi connectivity index (χ3v) is 6.43. The van der Waals surface area contributed by atoms with Crippen molar-refractivity contribution in [2.75, 3.05) is 18.6 Å². The third kappa shape index (κ3) is 3.95. The standard InChI is InChI=1S/C22H23BrN4OS/c1-15-14-16(8-9-17(15)23)27-21(19-7-5-11-26(19)12-13-28-2)20(25-22(27)29)18-6-3-4-10-24-18/h3-11,14,20-21H,12-13H2,1-2H3,(H,25,29)/t20-,21+/m0/s1. The molecule has 2 aromatic heterocycles. The Kier molecular flexibility index (Phi) is 5.99. The van der Waals surface area contributed by atoms with Crippen LogP contribution in [0.15, 0.2) is 65.4 Å². The van der Waals surface area contributed by atoms with Gasteiger partial charge >= 0.3 is 0 Å². The fourth-order valence-corrected chi connectivity index (χ4v) is 4.39. The minimum Gasteiger partial charge on any atom is -0.383 e. The lowest BCUT2D eigenvalue weighted by atomic mass is 10.0.